The maximum atomic E-state index is 12.7. The summed E-state index contributed by atoms with van der Waals surface area (Å²) < 4.78 is 38.2. The van der Waals surface area contributed by atoms with Crippen LogP contribution in [0, 0.1) is 10.1 Å². The molecule has 0 aliphatic heterocycles. The van der Waals surface area contributed by atoms with Gasteiger partial charge in [0.1, 0.15) is 5.75 Å². The predicted octanol–water partition coefficient (Wildman–Crippen LogP) is 3.34. The number of hydrogen-bond acceptors (Lipinski definition) is 7. The van der Waals surface area contributed by atoms with Gasteiger partial charge in [-0.15, -0.1) is 0 Å². The highest BCUT2D eigenvalue weighted by atomic mass is 32.2. The fourth-order valence-corrected chi connectivity index (χ4v) is 3.77. The number of carbonyl (C=O) groups excluding carboxylic acids is 1. The highest BCUT2D eigenvalue weighted by molar-refractivity contribution is 7.92. The Morgan fingerprint density at radius 2 is 1.78 bits per heavy atom. The largest absolute Gasteiger partial charge is 0.495 e. The van der Waals surface area contributed by atoms with Gasteiger partial charge in [0.25, 0.3) is 21.6 Å². The van der Waals surface area contributed by atoms with Crippen molar-refractivity contribution in [3.8, 4) is 5.75 Å². The average Bonchev–Trinajstić information content (AvgIpc) is 2.78. The smallest absolute Gasteiger partial charge is 0.271 e. The van der Waals surface area contributed by atoms with Gasteiger partial charge in [0.05, 0.1) is 22.6 Å². The van der Waals surface area contributed by atoms with Crippen LogP contribution in [0.1, 0.15) is 36.5 Å². The lowest BCUT2D eigenvalue weighted by atomic mass is 10.2. The quantitative estimate of drug-likeness (QED) is 0.263. The van der Waals surface area contributed by atoms with Gasteiger partial charge in [-0.25, -0.2) is 8.42 Å². The fraction of sp³-hybridized carbons (Fsp3) is 0.381. The van der Waals surface area contributed by atoms with E-state index in [1.165, 1.54) is 43.5 Å². The van der Waals surface area contributed by atoms with Gasteiger partial charge in [-0.3, -0.25) is 19.6 Å². The number of ether oxygens (including phenoxy) is 2. The summed E-state index contributed by atoms with van der Waals surface area (Å²) >= 11 is 0. The van der Waals surface area contributed by atoms with Crippen LogP contribution in [0.3, 0.4) is 0 Å². The number of non-ortho nitro benzene ring substituents is 1. The van der Waals surface area contributed by atoms with Crippen LogP contribution in [0.15, 0.2) is 47.4 Å². The van der Waals surface area contributed by atoms with Gasteiger partial charge in [-0.05, 0) is 43.2 Å². The van der Waals surface area contributed by atoms with Gasteiger partial charge in [0, 0.05) is 37.5 Å². The van der Waals surface area contributed by atoms with Crippen molar-refractivity contribution in [2.24, 2.45) is 0 Å². The molecule has 0 aliphatic carbocycles. The summed E-state index contributed by atoms with van der Waals surface area (Å²) in [6, 6.07) is 8.95. The first-order valence-electron chi connectivity index (χ1n) is 10.1. The summed E-state index contributed by atoms with van der Waals surface area (Å²) in [7, 11) is -2.74. The molecular formula is C21H27N3O7S. The number of rotatable bonds is 13. The zero-order chi connectivity index (χ0) is 23.6. The molecule has 2 N–H and O–H groups in total. The molecular weight excluding hydrogens is 438 g/mol. The van der Waals surface area contributed by atoms with E-state index in [2.05, 4.69) is 17.0 Å². The molecule has 0 spiro atoms. The van der Waals surface area contributed by atoms with Crippen molar-refractivity contribution in [2.45, 2.75) is 31.1 Å². The van der Waals surface area contributed by atoms with Crippen molar-refractivity contribution >= 4 is 27.3 Å². The molecule has 0 fully saturated rings. The third-order valence-corrected chi connectivity index (χ3v) is 5.84. The highest BCUT2D eigenvalue weighted by Crippen LogP contribution is 2.30. The van der Waals surface area contributed by atoms with Crippen molar-refractivity contribution < 1.29 is 27.6 Å². The van der Waals surface area contributed by atoms with E-state index in [0.717, 1.165) is 18.9 Å². The van der Waals surface area contributed by atoms with Crippen LogP contribution in [0.4, 0.5) is 11.4 Å². The van der Waals surface area contributed by atoms with Crippen LogP contribution >= 0.6 is 0 Å². The molecule has 174 valence electrons. The Balaban J connectivity index is 2.00. The number of anilines is 1. The minimum Gasteiger partial charge on any atom is -0.495 e. The lowest BCUT2D eigenvalue weighted by molar-refractivity contribution is -0.384. The van der Waals surface area contributed by atoms with Crippen molar-refractivity contribution in [3.63, 3.8) is 0 Å². The Labute approximate surface area is 187 Å². The molecule has 0 atom stereocenters. The standard InChI is InChI=1S/C21H27N3O7S/c1-3-4-13-31-14-5-12-22-21(25)16-6-9-18(10-7-16)32(28,29)23-19-15-17(24(26)27)8-11-20(19)30-2/h6-11,15,23H,3-5,12-14H2,1-2H3,(H,22,25). The zero-order valence-corrected chi connectivity index (χ0v) is 18.8. The van der Waals surface area contributed by atoms with Gasteiger partial charge in [0.2, 0.25) is 0 Å². The van der Waals surface area contributed by atoms with E-state index in [9.17, 15) is 23.3 Å². The number of nitro benzene ring substituents is 1. The molecule has 2 aromatic carbocycles. The second kappa shape index (κ2) is 12.0. The third-order valence-electron chi connectivity index (χ3n) is 4.46. The number of nitrogens with zero attached hydrogens (tertiary/aromatic N) is 1. The summed E-state index contributed by atoms with van der Waals surface area (Å²) in [5, 5.41) is 13.7. The van der Waals surface area contributed by atoms with E-state index >= 15 is 0 Å². The first kappa shape index (κ1) is 25.1. The van der Waals surface area contributed by atoms with Crippen LogP contribution in [0.25, 0.3) is 0 Å². The van der Waals surface area contributed by atoms with Crippen LogP contribution < -0.4 is 14.8 Å². The zero-order valence-electron chi connectivity index (χ0n) is 18.0. The second-order valence-electron chi connectivity index (χ2n) is 6.85. The van der Waals surface area contributed by atoms with E-state index in [4.69, 9.17) is 9.47 Å². The number of amides is 1. The van der Waals surface area contributed by atoms with Gasteiger partial charge in [-0.1, -0.05) is 13.3 Å². The first-order valence-corrected chi connectivity index (χ1v) is 11.6. The number of hydrogen-bond donors (Lipinski definition) is 2. The molecule has 2 rings (SSSR count). The Bertz CT molecular complexity index is 1020. The number of methoxy groups -OCH3 is 1. The number of nitro groups is 1. The average molecular weight is 466 g/mol. The number of carbonyl (C=O) groups is 1. The maximum Gasteiger partial charge on any atom is 0.271 e. The number of nitrogens with one attached hydrogen (secondary N) is 2. The lowest BCUT2D eigenvalue weighted by Gasteiger charge is -2.12. The van der Waals surface area contributed by atoms with Crippen molar-refractivity contribution in [2.75, 3.05) is 31.6 Å². The van der Waals surface area contributed by atoms with Gasteiger partial charge in [0.15, 0.2) is 0 Å². The summed E-state index contributed by atoms with van der Waals surface area (Å²) in [5.41, 5.74) is -0.0419. The summed E-state index contributed by atoms with van der Waals surface area (Å²) in [4.78, 5) is 22.5. The Morgan fingerprint density at radius 3 is 2.41 bits per heavy atom. The second-order valence-corrected chi connectivity index (χ2v) is 8.53. The maximum absolute atomic E-state index is 12.7. The van der Waals surface area contributed by atoms with Crippen molar-refractivity contribution in [1.29, 1.82) is 0 Å². The highest BCUT2D eigenvalue weighted by Gasteiger charge is 2.19. The van der Waals surface area contributed by atoms with Crippen LogP contribution in [0.2, 0.25) is 0 Å². The Kier molecular flexibility index (Phi) is 9.41. The van der Waals surface area contributed by atoms with Crippen LogP contribution in [0.5, 0.6) is 5.75 Å². The minimum absolute atomic E-state index is 0.0651. The Morgan fingerprint density at radius 1 is 1.09 bits per heavy atom. The molecule has 0 unspecified atom stereocenters. The molecule has 0 radical (unpaired) electrons. The predicted molar refractivity (Wildman–Crippen MR) is 120 cm³/mol. The number of benzene rings is 2. The number of sulfonamides is 1. The SMILES string of the molecule is CCCCOCCCNC(=O)c1ccc(S(=O)(=O)Nc2cc([N+](=O)[O-])ccc2OC)cc1. The topological polar surface area (TPSA) is 137 Å². The molecule has 0 bridgehead atoms. The molecule has 0 aromatic heterocycles. The lowest BCUT2D eigenvalue weighted by Crippen LogP contribution is -2.25. The molecule has 11 heteroatoms. The molecule has 0 saturated heterocycles. The van der Waals surface area contributed by atoms with Gasteiger partial charge < -0.3 is 14.8 Å². The summed E-state index contributed by atoms with van der Waals surface area (Å²) in [5.74, 6) is -0.190. The Hall–Kier alpha value is -3.18. The van der Waals surface area contributed by atoms with E-state index in [1.807, 2.05) is 0 Å². The molecule has 2 aromatic rings. The molecule has 0 heterocycles. The van der Waals surface area contributed by atoms with Gasteiger partial charge >= 0.3 is 0 Å². The number of unbranched alkanes of at least 4 members (excludes halogenated alkanes) is 1. The third kappa shape index (κ3) is 7.20. The van der Waals surface area contributed by atoms with E-state index in [0.29, 0.717) is 31.7 Å². The normalized spacial score (nSPS) is 11.1. The molecule has 0 aliphatic rings. The summed E-state index contributed by atoms with van der Waals surface area (Å²) in [6.45, 7) is 3.79. The molecule has 1 amide bonds. The van der Waals surface area contributed by atoms with Crippen LogP contribution in [-0.2, 0) is 14.8 Å². The monoisotopic (exact) mass is 465 g/mol. The molecule has 10 nitrogen and oxygen atoms in total. The molecule has 32 heavy (non-hydrogen) atoms. The van der Waals surface area contributed by atoms with Crippen molar-refractivity contribution in [1.82, 2.24) is 5.32 Å². The van der Waals surface area contributed by atoms with Crippen LogP contribution in [-0.4, -0.2) is 46.1 Å². The summed E-state index contributed by atoms with van der Waals surface area (Å²) in [6.07, 6.45) is 2.75. The fourth-order valence-electron chi connectivity index (χ4n) is 2.71. The van der Waals surface area contributed by atoms with E-state index < -0.39 is 14.9 Å². The van der Waals surface area contributed by atoms with Gasteiger partial charge in [-0.2, -0.15) is 0 Å². The first-order chi connectivity index (χ1) is 15.3. The van der Waals surface area contributed by atoms with E-state index in [-0.39, 0.29) is 27.9 Å². The minimum atomic E-state index is -4.06. The van der Waals surface area contributed by atoms with E-state index in [1.54, 1.807) is 0 Å². The molecule has 0 saturated carbocycles. The van der Waals surface area contributed by atoms with Crippen molar-refractivity contribution in [3.05, 3.63) is 58.1 Å².